The maximum absolute atomic E-state index is 12.4. The quantitative estimate of drug-likeness (QED) is 0.785. The monoisotopic (exact) mass is 280 g/mol. The molecule has 116 valence electrons. The number of nitrogens with two attached hydrogens (primary N) is 1. The van der Waals surface area contributed by atoms with E-state index in [1.54, 1.807) is 0 Å². The summed E-state index contributed by atoms with van der Waals surface area (Å²) in [7, 11) is 0. The number of rotatable bonds is 6. The Bertz CT molecular complexity index is 305. The number of hydrogen-bond donors (Lipinski definition) is 2. The Morgan fingerprint density at radius 2 is 1.95 bits per heavy atom. The van der Waals surface area contributed by atoms with Crippen LogP contribution in [0.3, 0.4) is 0 Å². The van der Waals surface area contributed by atoms with Gasteiger partial charge in [-0.25, -0.2) is 0 Å². The summed E-state index contributed by atoms with van der Waals surface area (Å²) in [5.74, 6) is 2.90. The zero-order chi connectivity index (χ0) is 14.4. The van der Waals surface area contributed by atoms with E-state index >= 15 is 0 Å². The van der Waals surface area contributed by atoms with Crippen molar-refractivity contribution in [2.75, 3.05) is 13.1 Å². The van der Waals surface area contributed by atoms with Gasteiger partial charge in [0.05, 0.1) is 0 Å². The molecule has 0 spiro atoms. The number of hydrogen-bond acceptors (Lipinski definition) is 2. The predicted octanol–water partition coefficient (Wildman–Crippen LogP) is 3.08. The van der Waals surface area contributed by atoms with E-state index in [0.717, 1.165) is 50.6 Å². The van der Waals surface area contributed by atoms with Gasteiger partial charge in [-0.1, -0.05) is 39.0 Å². The molecular formula is C17H32N2O. The molecule has 1 amide bonds. The largest absolute Gasteiger partial charge is 0.356 e. The van der Waals surface area contributed by atoms with Gasteiger partial charge >= 0.3 is 0 Å². The molecule has 20 heavy (non-hydrogen) atoms. The van der Waals surface area contributed by atoms with Crippen molar-refractivity contribution in [1.29, 1.82) is 0 Å². The van der Waals surface area contributed by atoms with Crippen LogP contribution in [-0.2, 0) is 4.79 Å². The zero-order valence-electron chi connectivity index (χ0n) is 13.1. The van der Waals surface area contributed by atoms with Crippen LogP contribution in [-0.4, -0.2) is 19.0 Å². The average molecular weight is 280 g/mol. The minimum absolute atomic E-state index is 0.282. The van der Waals surface area contributed by atoms with E-state index in [-0.39, 0.29) is 5.92 Å². The van der Waals surface area contributed by atoms with E-state index < -0.39 is 0 Å². The minimum Gasteiger partial charge on any atom is -0.356 e. The van der Waals surface area contributed by atoms with E-state index in [4.69, 9.17) is 5.73 Å². The highest BCUT2D eigenvalue weighted by Crippen LogP contribution is 2.42. The lowest BCUT2D eigenvalue weighted by Crippen LogP contribution is -2.39. The highest BCUT2D eigenvalue weighted by molar-refractivity contribution is 5.78. The van der Waals surface area contributed by atoms with Gasteiger partial charge in [0.2, 0.25) is 5.91 Å². The second-order valence-corrected chi connectivity index (χ2v) is 6.91. The fourth-order valence-electron chi connectivity index (χ4n) is 4.19. The van der Waals surface area contributed by atoms with Crippen LogP contribution in [0.4, 0.5) is 0 Å². The fraction of sp³-hybridized carbons (Fsp3) is 0.941. The maximum Gasteiger partial charge on any atom is 0.223 e. The number of nitrogens with one attached hydrogen (secondary N) is 1. The zero-order valence-corrected chi connectivity index (χ0v) is 13.1. The summed E-state index contributed by atoms with van der Waals surface area (Å²) in [5.41, 5.74) is 5.61. The van der Waals surface area contributed by atoms with Crippen molar-refractivity contribution in [3.8, 4) is 0 Å². The lowest BCUT2D eigenvalue weighted by Gasteiger charge is -2.38. The van der Waals surface area contributed by atoms with Gasteiger partial charge in [0, 0.05) is 12.5 Å². The van der Waals surface area contributed by atoms with E-state index in [0.29, 0.717) is 11.8 Å². The normalized spacial score (nSPS) is 31.4. The predicted molar refractivity (Wildman–Crippen MR) is 83.3 cm³/mol. The van der Waals surface area contributed by atoms with E-state index in [9.17, 15) is 4.79 Å². The molecule has 3 heteroatoms. The van der Waals surface area contributed by atoms with Gasteiger partial charge in [0.15, 0.2) is 0 Å². The van der Waals surface area contributed by atoms with Crippen LogP contribution in [0.15, 0.2) is 0 Å². The average Bonchev–Trinajstić information content (AvgIpc) is 2.50. The van der Waals surface area contributed by atoms with Gasteiger partial charge in [-0.15, -0.1) is 0 Å². The molecule has 0 aromatic heterocycles. The number of carbonyl (C=O) groups excluding carboxylic acids is 1. The Hall–Kier alpha value is -0.570. The third kappa shape index (κ3) is 4.21. The summed E-state index contributed by atoms with van der Waals surface area (Å²) < 4.78 is 0. The topological polar surface area (TPSA) is 55.1 Å². The van der Waals surface area contributed by atoms with Crippen LogP contribution in [0.5, 0.6) is 0 Å². The first-order chi connectivity index (χ1) is 9.74. The molecule has 0 aromatic carbocycles. The first-order valence-electron chi connectivity index (χ1n) is 8.72. The highest BCUT2D eigenvalue weighted by atomic mass is 16.1. The first kappa shape index (κ1) is 15.8. The van der Waals surface area contributed by atoms with Crippen molar-refractivity contribution in [2.24, 2.45) is 29.4 Å². The molecule has 3 N–H and O–H groups in total. The van der Waals surface area contributed by atoms with Gasteiger partial charge in [0.1, 0.15) is 0 Å². The van der Waals surface area contributed by atoms with Crippen LogP contribution in [0, 0.1) is 23.7 Å². The number of fused-ring (bicyclic) bond motifs is 1. The van der Waals surface area contributed by atoms with Crippen molar-refractivity contribution in [3.05, 3.63) is 0 Å². The third-order valence-corrected chi connectivity index (χ3v) is 5.63. The third-order valence-electron chi connectivity index (χ3n) is 5.63. The van der Waals surface area contributed by atoms with Gasteiger partial charge in [-0.05, 0) is 50.0 Å². The molecule has 0 heterocycles. The summed E-state index contributed by atoms with van der Waals surface area (Å²) in [5, 5.41) is 3.19. The lowest BCUT2D eigenvalue weighted by atomic mass is 9.67. The van der Waals surface area contributed by atoms with Crippen LogP contribution < -0.4 is 11.1 Å². The summed E-state index contributed by atoms with van der Waals surface area (Å²) >= 11 is 0. The Morgan fingerprint density at radius 3 is 2.65 bits per heavy atom. The number of amides is 1. The fourth-order valence-corrected chi connectivity index (χ4v) is 4.19. The van der Waals surface area contributed by atoms with Crippen molar-refractivity contribution in [2.45, 2.75) is 64.7 Å². The summed E-state index contributed by atoms with van der Waals surface area (Å²) in [4.78, 5) is 12.4. The van der Waals surface area contributed by atoms with Crippen LogP contribution in [0.25, 0.3) is 0 Å². The summed E-state index contributed by atoms with van der Waals surface area (Å²) in [6.07, 6.45) is 11.2. The van der Waals surface area contributed by atoms with Crippen LogP contribution in [0.2, 0.25) is 0 Å². The van der Waals surface area contributed by atoms with Gasteiger partial charge in [-0.3, -0.25) is 4.79 Å². The molecule has 3 nitrogen and oxygen atoms in total. The second-order valence-electron chi connectivity index (χ2n) is 6.91. The Kier molecular flexibility index (Phi) is 6.34. The van der Waals surface area contributed by atoms with Gasteiger partial charge < -0.3 is 11.1 Å². The van der Waals surface area contributed by atoms with Gasteiger partial charge in [-0.2, -0.15) is 0 Å². The maximum atomic E-state index is 12.4. The lowest BCUT2D eigenvalue weighted by molar-refractivity contribution is -0.127. The van der Waals surface area contributed by atoms with E-state index in [2.05, 4.69) is 12.2 Å². The molecular weight excluding hydrogens is 248 g/mol. The molecule has 2 fully saturated rings. The molecule has 2 saturated carbocycles. The Labute approximate surface area is 124 Å². The first-order valence-corrected chi connectivity index (χ1v) is 8.72. The van der Waals surface area contributed by atoms with Crippen molar-refractivity contribution < 1.29 is 4.79 Å². The highest BCUT2D eigenvalue weighted by Gasteiger charge is 2.34. The van der Waals surface area contributed by atoms with E-state index in [1.807, 2.05) is 0 Å². The molecule has 4 atom stereocenters. The molecule has 0 aliphatic heterocycles. The molecule has 0 saturated heterocycles. The van der Waals surface area contributed by atoms with Gasteiger partial charge in [0.25, 0.3) is 0 Å². The molecule has 0 bridgehead atoms. The smallest absolute Gasteiger partial charge is 0.223 e. The Morgan fingerprint density at radius 1 is 1.20 bits per heavy atom. The summed E-state index contributed by atoms with van der Waals surface area (Å²) in [6.45, 7) is 3.72. The number of carbonyl (C=O) groups is 1. The Balaban J connectivity index is 1.75. The van der Waals surface area contributed by atoms with E-state index in [1.165, 1.54) is 32.1 Å². The van der Waals surface area contributed by atoms with Crippen molar-refractivity contribution in [3.63, 3.8) is 0 Å². The molecule has 2 aliphatic carbocycles. The van der Waals surface area contributed by atoms with Crippen molar-refractivity contribution >= 4 is 5.91 Å². The SMILES string of the molecule is CCC(CCN)CNC(=O)C1CCC2CCCCC2C1. The molecule has 2 rings (SSSR count). The molecule has 0 radical (unpaired) electrons. The summed E-state index contributed by atoms with van der Waals surface area (Å²) in [6, 6.07) is 0. The second kappa shape index (κ2) is 8.02. The molecule has 0 aromatic rings. The molecule has 4 unspecified atom stereocenters. The standard InChI is InChI=1S/C17H32N2O/c1-2-13(9-10-18)12-19-17(20)16-8-7-14-5-3-4-6-15(14)11-16/h13-16H,2-12,18H2,1H3,(H,19,20). The van der Waals surface area contributed by atoms with Crippen molar-refractivity contribution in [1.82, 2.24) is 5.32 Å². The molecule has 2 aliphatic rings. The van der Waals surface area contributed by atoms with Crippen LogP contribution >= 0.6 is 0 Å². The minimum atomic E-state index is 0.282. The van der Waals surface area contributed by atoms with Crippen LogP contribution in [0.1, 0.15) is 64.7 Å².